The van der Waals surface area contributed by atoms with Crippen LogP contribution in [-0.4, -0.2) is 45.1 Å². The van der Waals surface area contributed by atoms with Gasteiger partial charge in [-0.25, -0.2) is 0 Å². The normalized spacial score (nSPS) is 20.1. The molecule has 0 spiro atoms. The Bertz CT molecular complexity index is 1640. The minimum Gasteiger partial charge on any atom is -0.385 e. The summed E-state index contributed by atoms with van der Waals surface area (Å²) in [5, 5.41) is 0.534. The Morgan fingerprint density at radius 3 is 1.91 bits per heavy atom. The number of benzene rings is 2. The molecule has 0 amide bonds. The molecule has 0 saturated heterocycles. The number of halogens is 3. The number of nitrogens with zero attached hydrogens (tertiary/aromatic N) is 1. The molecule has 0 atom stereocenters. The molecule has 1 heterocycles. The third-order valence-corrected chi connectivity index (χ3v) is 10.4. The molecule has 0 N–H and O–H groups in total. The fourth-order valence-corrected chi connectivity index (χ4v) is 8.33. The lowest BCUT2D eigenvalue weighted by atomic mass is 9.63. The maximum absolute atomic E-state index is 14.2. The summed E-state index contributed by atoms with van der Waals surface area (Å²) in [4.78, 5) is 30.3. The van der Waals surface area contributed by atoms with Crippen molar-refractivity contribution in [3.8, 4) is 5.75 Å². The third kappa shape index (κ3) is 6.47. The van der Waals surface area contributed by atoms with E-state index in [-0.39, 0.29) is 61.5 Å². The summed E-state index contributed by atoms with van der Waals surface area (Å²) in [7, 11) is -2.74. The lowest BCUT2D eigenvalue weighted by molar-refractivity contribution is -0.119. The highest BCUT2D eigenvalue weighted by Gasteiger charge is 2.50. The molecule has 0 saturated carbocycles. The topological polar surface area (TPSA) is 90.0 Å². The van der Waals surface area contributed by atoms with E-state index in [2.05, 4.69) is 32.6 Å². The largest absolute Gasteiger partial charge is 0.385 e. The predicted octanol–water partition coefficient (Wildman–Crippen LogP) is 8.14. The van der Waals surface area contributed by atoms with Crippen LogP contribution in [0, 0.1) is 10.8 Å². The van der Waals surface area contributed by atoms with Gasteiger partial charge in [-0.2, -0.15) is 8.42 Å². The van der Waals surface area contributed by atoms with E-state index in [4.69, 9.17) is 43.7 Å². The standard InChI is InChI=1S/C33H36Cl3NO6S/c1-32(2)15-24-29(26(38)17-32)28(30-25(37(24)11-6-12-42-5)16-33(3,4)18-27(30)39)22-13-20(35)14-23(36)31(22)43-44(40,41)21-9-7-19(34)8-10-21/h7-10,13-14,28H,6,11-12,15-18H2,1-5H3. The van der Waals surface area contributed by atoms with Crippen LogP contribution in [0.5, 0.6) is 5.75 Å². The van der Waals surface area contributed by atoms with Gasteiger partial charge >= 0.3 is 10.1 Å². The molecular weight excluding hydrogens is 645 g/mol. The molecule has 2 aromatic rings. The molecule has 0 aromatic heterocycles. The van der Waals surface area contributed by atoms with Crippen LogP contribution >= 0.6 is 34.8 Å². The molecule has 2 aromatic carbocycles. The quantitative estimate of drug-likeness (QED) is 0.205. The van der Waals surface area contributed by atoms with E-state index < -0.39 is 16.0 Å². The Labute approximate surface area is 274 Å². The Morgan fingerprint density at radius 1 is 0.841 bits per heavy atom. The molecule has 44 heavy (non-hydrogen) atoms. The van der Waals surface area contributed by atoms with Gasteiger partial charge in [0, 0.05) is 77.2 Å². The summed E-state index contributed by atoms with van der Waals surface area (Å²) >= 11 is 19.2. The van der Waals surface area contributed by atoms with Gasteiger partial charge in [-0.05, 0) is 66.5 Å². The Hall–Kier alpha value is -2.36. The van der Waals surface area contributed by atoms with Crippen LogP contribution in [0.25, 0.3) is 0 Å². The summed E-state index contributed by atoms with van der Waals surface area (Å²) in [6.07, 6.45) is 2.41. The monoisotopic (exact) mass is 679 g/mol. The van der Waals surface area contributed by atoms with Gasteiger partial charge < -0.3 is 13.8 Å². The van der Waals surface area contributed by atoms with E-state index in [1.165, 1.54) is 30.3 Å². The van der Waals surface area contributed by atoms with Crippen molar-refractivity contribution in [2.45, 2.75) is 70.6 Å². The number of ketones is 2. The van der Waals surface area contributed by atoms with Crippen molar-refractivity contribution in [1.82, 2.24) is 4.90 Å². The van der Waals surface area contributed by atoms with Gasteiger partial charge in [-0.3, -0.25) is 9.59 Å². The van der Waals surface area contributed by atoms with Crippen molar-refractivity contribution >= 4 is 56.5 Å². The SMILES string of the molecule is COCCCN1C2=C(C(=O)CC(C)(C)C2)C(c2cc(Cl)cc(Cl)c2OS(=O)(=O)c2ccc(Cl)cc2)C2=C1CC(C)(C)CC2=O. The fraction of sp³-hybridized carbons (Fsp3) is 0.455. The van der Waals surface area contributed by atoms with Gasteiger partial charge in [0.25, 0.3) is 0 Å². The van der Waals surface area contributed by atoms with Crippen LogP contribution in [0.15, 0.2) is 63.8 Å². The average molecular weight is 681 g/mol. The number of Topliss-reactive ketones (excluding diaryl/α,β-unsaturated/α-hetero) is 2. The molecule has 5 rings (SSSR count). The van der Waals surface area contributed by atoms with Gasteiger partial charge in [0.2, 0.25) is 0 Å². The van der Waals surface area contributed by atoms with Crippen LogP contribution in [0.1, 0.15) is 71.3 Å². The van der Waals surface area contributed by atoms with Crippen LogP contribution in [0.2, 0.25) is 15.1 Å². The number of methoxy groups -OCH3 is 1. The molecule has 11 heteroatoms. The number of ether oxygens (including phenoxy) is 1. The van der Waals surface area contributed by atoms with Crippen molar-refractivity contribution in [2.24, 2.45) is 10.8 Å². The van der Waals surface area contributed by atoms with Crippen molar-refractivity contribution in [3.05, 3.63) is 79.6 Å². The molecule has 2 aliphatic carbocycles. The number of hydrogen-bond acceptors (Lipinski definition) is 7. The van der Waals surface area contributed by atoms with Crippen LogP contribution in [-0.2, 0) is 24.4 Å². The Kier molecular flexibility index (Phi) is 9.08. The van der Waals surface area contributed by atoms with E-state index in [1.807, 2.05) is 0 Å². The number of carbonyl (C=O) groups excluding carboxylic acids is 2. The second-order valence-corrected chi connectivity index (χ2v) is 16.2. The second kappa shape index (κ2) is 12.1. The highest BCUT2D eigenvalue weighted by atomic mass is 35.5. The zero-order chi connectivity index (χ0) is 32.2. The smallest absolute Gasteiger partial charge is 0.339 e. The van der Waals surface area contributed by atoms with Crippen molar-refractivity contribution in [2.75, 3.05) is 20.3 Å². The van der Waals surface area contributed by atoms with E-state index in [0.717, 1.165) is 11.4 Å². The minimum atomic E-state index is -4.39. The zero-order valence-corrected chi connectivity index (χ0v) is 28.5. The Morgan fingerprint density at radius 2 is 1.39 bits per heavy atom. The number of rotatable bonds is 8. The molecule has 0 unspecified atom stereocenters. The van der Waals surface area contributed by atoms with E-state index >= 15 is 0 Å². The summed E-state index contributed by atoms with van der Waals surface area (Å²) in [5.41, 5.74) is 2.20. The van der Waals surface area contributed by atoms with E-state index in [1.54, 1.807) is 13.2 Å². The minimum absolute atomic E-state index is 0.0518. The highest BCUT2D eigenvalue weighted by molar-refractivity contribution is 7.87. The maximum atomic E-state index is 14.2. The molecule has 0 fully saturated rings. The summed E-state index contributed by atoms with van der Waals surface area (Å²) in [6.45, 7) is 9.31. The number of allylic oxidation sites excluding steroid dienone is 4. The summed E-state index contributed by atoms with van der Waals surface area (Å²) in [6, 6.07) is 8.50. The lowest BCUT2D eigenvalue weighted by Crippen LogP contribution is -2.45. The average Bonchev–Trinajstić information content (AvgIpc) is 2.89. The van der Waals surface area contributed by atoms with E-state index in [9.17, 15) is 18.0 Å². The van der Waals surface area contributed by atoms with E-state index in [0.29, 0.717) is 48.6 Å². The molecule has 3 aliphatic rings. The van der Waals surface area contributed by atoms with Crippen LogP contribution in [0.3, 0.4) is 0 Å². The van der Waals surface area contributed by atoms with Gasteiger partial charge in [-0.15, -0.1) is 0 Å². The zero-order valence-electron chi connectivity index (χ0n) is 25.4. The van der Waals surface area contributed by atoms with Crippen molar-refractivity contribution in [3.63, 3.8) is 0 Å². The third-order valence-electron chi connectivity index (χ3n) is 8.40. The van der Waals surface area contributed by atoms with Crippen LogP contribution in [0.4, 0.5) is 0 Å². The fourth-order valence-electron chi connectivity index (χ4n) is 6.64. The molecular formula is C33H36Cl3NO6S. The molecule has 236 valence electrons. The second-order valence-electron chi connectivity index (χ2n) is 13.3. The predicted molar refractivity (Wildman–Crippen MR) is 172 cm³/mol. The highest BCUT2D eigenvalue weighted by Crippen LogP contribution is 2.56. The van der Waals surface area contributed by atoms with Crippen LogP contribution < -0.4 is 4.18 Å². The molecule has 0 radical (unpaired) electrons. The summed E-state index contributed by atoms with van der Waals surface area (Å²) in [5.74, 6) is -1.29. The number of carbonyl (C=O) groups is 2. The molecule has 0 bridgehead atoms. The first-order valence-corrected chi connectivity index (χ1v) is 17.1. The molecule has 7 nitrogen and oxygen atoms in total. The van der Waals surface area contributed by atoms with Crippen molar-refractivity contribution in [1.29, 1.82) is 0 Å². The first-order valence-electron chi connectivity index (χ1n) is 14.5. The van der Waals surface area contributed by atoms with Gasteiger partial charge in [-0.1, -0.05) is 62.5 Å². The van der Waals surface area contributed by atoms with Gasteiger partial charge in [0.15, 0.2) is 17.3 Å². The lowest BCUT2D eigenvalue weighted by Gasteiger charge is -2.49. The Balaban J connectivity index is 1.77. The van der Waals surface area contributed by atoms with Gasteiger partial charge in [0.1, 0.15) is 4.90 Å². The van der Waals surface area contributed by atoms with Gasteiger partial charge in [0.05, 0.1) is 5.02 Å². The number of hydrogen-bond donors (Lipinski definition) is 0. The summed E-state index contributed by atoms with van der Waals surface area (Å²) < 4.78 is 38.1. The first kappa shape index (κ1) is 33.0. The maximum Gasteiger partial charge on any atom is 0.339 e. The first-order chi connectivity index (χ1) is 20.5. The molecule has 1 aliphatic heterocycles. The van der Waals surface area contributed by atoms with Crippen molar-refractivity contribution < 1.29 is 26.9 Å².